The lowest BCUT2D eigenvalue weighted by molar-refractivity contribution is -0.136. The molecule has 0 aliphatic carbocycles. The number of carbonyl (C=O) groups is 3. The summed E-state index contributed by atoms with van der Waals surface area (Å²) < 4.78 is 10.0. The van der Waals surface area contributed by atoms with Crippen molar-refractivity contribution in [3.05, 3.63) is 89.5 Å². The predicted octanol–water partition coefficient (Wildman–Crippen LogP) is 3.91. The molecule has 30 heavy (non-hydrogen) atoms. The standard InChI is InChI=1S/C24H19NO5/c1-14(24(28)30-3)21(16-10-12-17(29-2)13-11-16)25-22(26)18-8-4-6-15-7-5-9-19(20(15)18)23(25)27/h4-13,21H,1H2,2-3H3/t21-/m0/s1. The molecule has 0 N–H and O–H groups in total. The van der Waals surface area contributed by atoms with Crippen LogP contribution in [0, 0.1) is 0 Å². The predicted molar refractivity (Wildman–Crippen MR) is 111 cm³/mol. The van der Waals surface area contributed by atoms with Crippen LogP contribution < -0.4 is 4.74 Å². The monoisotopic (exact) mass is 401 g/mol. The Morgan fingerprint density at radius 2 is 1.47 bits per heavy atom. The molecule has 0 unspecified atom stereocenters. The maximum Gasteiger partial charge on any atom is 0.335 e. The van der Waals surface area contributed by atoms with Gasteiger partial charge in [0, 0.05) is 16.5 Å². The summed E-state index contributed by atoms with van der Waals surface area (Å²) in [6, 6.07) is 16.4. The van der Waals surface area contributed by atoms with Gasteiger partial charge in [0.05, 0.1) is 25.8 Å². The number of amides is 2. The molecule has 6 nitrogen and oxygen atoms in total. The number of methoxy groups -OCH3 is 2. The van der Waals surface area contributed by atoms with E-state index in [4.69, 9.17) is 9.47 Å². The van der Waals surface area contributed by atoms with Crippen LogP contribution in [0.4, 0.5) is 0 Å². The Morgan fingerprint density at radius 1 is 0.900 bits per heavy atom. The number of hydrogen-bond donors (Lipinski definition) is 0. The first-order valence-electron chi connectivity index (χ1n) is 9.28. The summed E-state index contributed by atoms with van der Waals surface area (Å²) >= 11 is 0. The van der Waals surface area contributed by atoms with Crippen LogP contribution in [-0.2, 0) is 9.53 Å². The molecule has 0 radical (unpaired) electrons. The Morgan fingerprint density at radius 3 is 1.97 bits per heavy atom. The Hall–Kier alpha value is -3.93. The van der Waals surface area contributed by atoms with Crippen LogP contribution in [-0.4, -0.2) is 36.9 Å². The normalized spacial score (nSPS) is 13.9. The lowest BCUT2D eigenvalue weighted by Crippen LogP contribution is -2.44. The molecule has 0 spiro atoms. The van der Waals surface area contributed by atoms with E-state index in [0.29, 0.717) is 27.8 Å². The zero-order valence-corrected chi connectivity index (χ0v) is 16.5. The van der Waals surface area contributed by atoms with Crippen LogP contribution in [0.3, 0.4) is 0 Å². The molecule has 0 aromatic heterocycles. The number of benzene rings is 3. The van der Waals surface area contributed by atoms with Crippen molar-refractivity contribution in [3.63, 3.8) is 0 Å². The molecule has 0 fully saturated rings. The van der Waals surface area contributed by atoms with Crippen molar-refractivity contribution in [2.75, 3.05) is 14.2 Å². The molecule has 6 heteroatoms. The van der Waals surface area contributed by atoms with Crippen molar-refractivity contribution in [2.45, 2.75) is 6.04 Å². The van der Waals surface area contributed by atoms with E-state index in [1.165, 1.54) is 14.2 Å². The summed E-state index contributed by atoms with van der Waals surface area (Å²) in [6.45, 7) is 3.84. The summed E-state index contributed by atoms with van der Waals surface area (Å²) in [5.41, 5.74) is 1.33. The highest BCUT2D eigenvalue weighted by Gasteiger charge is 2.40. The first-order chi connectivity index (χ1) is 14.5. The first-order valence-corrected chi connectivity index (χ1v) is 9.28. The maximum atomic E-state index is 13.5. The number of nitrogens with zero attached hydrogens (tertiary/aromatic N) is 1. The minimum atomic E-state index is -1.02. The van der Waals surface area contributed by atoms with E-state index in [-0.39, 0.29) is 5.57 Å². The molecule has 0 bridgehead atoms. The third-order valence-corrected chi connectivity index (χ3v) is 5.27. The smallest absolute Gasteiger partial charge is 0.335 e. The van der Waals surface area contributed by atoms with Crippen LogP contribution in [0.1, 0.15) is 32.3 Å². The first kappa shape index (κ1) is 19.4. The molecule has 3 aromatic rings. The lowest BCUT2D eigenvalue weighted by Gasteiger charge is -2.34. The average Bonchev–Trinajstić information content (AvgIpc) is 2.79. The fourth-order valence-electron chi connectivity index (χ4n) is 3.82. The largest absolute Gasteiger partial charge is 0.497 e. The summed E-state index contributed by atoms with van der Waals surface area (Å²) in [5.74, 6) is -1.08. The van der Waals surface area contributed by atoms with Crippen LogP contribution >= 0.6 is 0 Å². The highest BCUT2D eigenvalue weighted by Crippen LogP contribution is 2.38. The van der Waals surface area contributed by atoms with Gasteiger partial charge >= 0.3 is 5.97 Å². The van der Waals surface area contributed by atoms with Crippen LogP contribution in [0.5, 0.6) is 5.75 Å². The van der Waals surface area contributed by atoms with E-state index >= 15 is 0 Å². The van der Waals surface area contributed by atoms with Crippen LogP contribution in [0.15, 0.2) is 72.8 Å². The molecule has 3 aromatic carbocycles. The molecule has 0 saturated carbocycles. The van der Waals surface area contributed by atoms with Gasteiger partial charge in [-0.05, 0) is 35.2 Å². The molecule has 4 rings (SSSR count). The van der Waals surface area contributed by atoms with Crippen molar-refractivity contribution >= 4 is 28.6 Å². The molecule has 1 heterocycles. The van der Waals surface area contributed by atoms with Crippen molar-refractivity contribution < 1.29 is 23.9 Å². The average molecular weight is 401 g/mol. The lowest BCUT2D eigenvalue weighted by atomic mass is 9.90. The van der Waals surface area contributed by atoms with E-state index in [9.17, 15) is 14.4 Å². The number of rotatable bonds is 5. The van der Waals surface area contributed by atoms with Crippen molar-refractivity contribution in [1.29, 1.82) is 0 Å². The maximum absolute atomic E-state index is 13.5. The molecule has 1 aliphatic heterocycles. The van der Waals surface area contributed by atoms with Crippen LogP contribution in [0.2, 0.25) is 0 Å². The van der Waals surface area contributed by atoms with Gasteiger partial charge < -0.3 is 9.47 Å². The molecule has 150 valence electrons. The second kappa shape index (κ2) is 7.48. The zero-order valence-electron chi connectivity index (χ0n) is 16.5. The number of hydrogen-bond acceptors (Lipinski definition) is 5. The summed E-state index contributed by atoms with van der Waals surface area (Å²) in [4.78, 5) is 40.3. The van der Waals surface area contributed by atoms with E-state index in [2.05, 4.69) is 6.58 Å². The van der Waals surface area contributed by atoms with Gasteiger partial charge in [-0.1, -0.05) is 43.0 Å². The zero-order chi connectivity index (χ0) is 21.4. The highest BCUT2D eigenvalue weighted by atomic mass is 16.5. The van der Waals surface area contributed by atoms with E-state index < -0.39 is 23.8 Å². The fourth-order valence-corrected chi connectivity index (χ4v) is 3.82. The number of imide groups is 1. The van der Waals surface area contributed by atoms with Crippen molar-refractivity contribution in [3.8, 4) is 5.75 Å². The summed E-state index contributed by atoms with van der Waals surface area (Å²) in [5, 5.41) is 1.42. The van der Waals surface area contributed by atoms with E-state index in [1.807, 2.05) is 12.1 Å². The third-order valence-electron chi connectivity index (χ3n) is 5.27. The van der Waals surface area contributed by atoms with Gasteiger partial charge in [0.25, 0.3) is 11.8 Å². The number of carbonyl (C=O) groups excluding carboxylic acids is 3. The van der Waals surface area contributed by atoms with Gasteiger partial charge in [-0.3, -0.25) is 14.5 Å². The minimum Gasteiger partial charge on any atom is -0.497 e. The Balaban J connectivity index is 1.90. The second-order valence-corrected chi connectivity index (χ2v) is 6.88. The molecule has 2 amide bonds. The third kappa shape index (κ3) is 2.93. The highest BCUT2D eigenvalue weighted by molar-refractivity contribution is 6.26. The molecular formula is C24H19NO5. The molecule has 1 aliphatic rings. The quantitative estimate of drug-likeness (QED) is 0.368. The van der Waals surface area contributed by atoms with E-state index in [1.54, 1.807) is 48.5 Å². The van der Waals surface area contributed by atoms with Gasteiger partial charge in [0.2, 0.25) is 0 Å². The Kier molecular flexibility index (Phi) is 4.83. The van der Waals surface area contributed by atoms with Gasteiger partial charge in [-0.25, -0.2) is 4.79 Å². The van der Waals surface area contributed by atoms with Gasteiger partial charge in [-0.15, -0.1) is 0 Å². The number of esters is 1. The summed E-state index contributed by atoms with van der Waals surface area (Å²) in [6.07, 6.45) is 0. The van der Waals surface area contributed by atoms with Gasteiger partial charge in [0.15, 0.2) is 0 Å². The van der Waals surface area contributed by atoms with Crippen molar-refractivity contribution in [2.24, 2.45) is 0 Å². The topological polar surface area (TPSA) is 72.9 Å². The fraction of sp³-hybridized carbons (Fsp3) is 0.125. The second-order valence-electron chi connectivity index (χ2n) is 6.88. The van der Waals surface area contributed by atoms with Crippen LogP contribution in [0.25, 0.3) is 10.8 Å². The van der Waals surface area contributed by atoms with E-state index in [0.717, 1.165) is 10.3 Å². The number of ether oxygens (including phenoxy) is 2. The van der Waals surface area contributed by atoms with Crippen molar-refractivity contribution in [1.82, 2.24) is 4.90 Å². The Bertz CT molecular complexity index is 1150. The molecule has 1 atom stereocenters. The van der Waals surface area contributed by atoms with Gasteiger partial charge in [0.1, 0.15) is 5.75 Å². The SMILES string of the molecule is C=C(C(=O)OC)[C@@H](c1ccc(OC)cc1)N1C(=O)c2cccc3cccc(c23)C1=O. The minimum absolute atomic E-state index is 0.0177. The molecular weight excluding hydrogens is 382 g/mol. The van der Waals surface area contributed by atoms with Gasteiger partial charge in [-0.2, -0.15) is 0 Å². The molecule has 0 saturated heterocycles. The Labute approximate surface area is 173 Å². The summed E-state index contributed by atoms with van der Waals surface area (Å²) in [7, 11) is 2.77.